The number of piperazine rings is 1. The van der Waals surface area contributed by atoms with Gasteiger partial charge in [-0.3, -0.25) is 10.2 Å². The van der Waals surface area contributed by atoms with Crippen LogP contribution in [0.1, 0.15) is 12.5 Å². The monoisotopic (exact) mass is 506 g/mol. The first-order valence-electron chi connectivity index (χ1n) is 13.0. The van der Waals surface area contributed by atoms with Crippen molar-refractivity contribution in [2.75, 3.05) is 49.5 Å². The Morgan fingerprint density at radius 3 is 2.45 bits per heavy atom. The molecule has 192 valence electrons. The van der Waals surface area contributed by atoms with Gasteiger partial charge >= 0.3 is 0 Å². The number of anilines is 2. The van der Waals surface area contributed by atoms with E-state index in [0.717, 1.165) is 72.6 Å². The van der Waals surface area contributed by atoms with Crippen LogP contribution in [0.2, 0.25) is 0 Å². The molecule has 9 nitrogen and oxygen atoms in total. The fraction of sp³-hybridized carbons (Fsp3) is 0.276. The molecule has 38 heavy (non-hydrogen) atoms. The van der Waals surface area contributed by atoms with Crippen molar-refractivity contribution in [1.82, 2.24) is 24.8 Å². The molecule has 3 aromatic carbocycles. The highest BCUT2D eigenvalue weighted by molar-refractivity contribution is 5.91. The predicted molar refractivity (Wildman–Crippen MR) is 150 cm³/mol. The molecule has 9 heteroatoms. The molecule has 0 saturated carbocycles. The normalized spacial score (nSPS) is 14.2. The lowest BCUT2D eigenvalue weighted by atomic mass is 10.1. The number of hydrogen-bond acceptors (Lipinski definition) is 7. The maximum absolute atomic E-state index is 8.84. The summed E-state index contributed by atoms with van der Waals surface area (Å²) >= 11 is 0. The molecule has 1 aliphatic heterocycles. The average molecular weight is 507 g/mol. The average Bonchev–Trinajstić information content (AvgIpc) is 3.58. The van der Waals surface area contributed by atoms with E-state index in [2.05, 4.69) is 79.5 Å². The van der Waals surface area contributed by atoms with Crippen LogP contribution in [0, 0.1) is 11.5 Å². The van der Waals surface area contributed by atoms with Crippen LogP contribution in [-0.2, 0) is 6.42 Å². The van der Waals surface area contributed by atoms with Crippen molar-refractivity contribution in [1.29, 1.82) is 5.26 Å². The molecule has 3 heterocycles. The van der Waals surface area contributed by atoms with Gasteiger partial charge in [-0.25, -0.2) is 9.97 Å². The number of nitrogens with zero attached hydrogens (tertiary/aromatic N) is 5. The van der Waals surface area contributed by atoms with Crippen LogP contribution in [-0.4, -0.2) is 64.2 Å². The van der Waals surface area contributed by atoms with Gasteiger partial charge in [0.1, 0.15) is 29.2 Å². The zero-order valence-corrected chi connectivity index (χ0v) is 21.4. The van der Waals surface area contributed by atoms with E-state index < -0.39 is 0 Å². The lowest BCUT2D eigenvalue weighted by Gasteiger charge is -2.36. The zero-order valence-electron chi connectivity index (χ0n) is 21.4. The summed E-state index contributed by atoms with van der Waals surface area (Å²) < 4.78 is 6.08. The number of para-hydroxylation sites is 2. The van der Waals surface area contributed by atoms with Crippen molar-refractivity contribution in [3.63, 3.8) is 0 Å². The summed E-state index contributed by atoms with van der Waals surface area (Å²) in [5.74, 6) is 2.05. The number of hydrogen-bond donors (Lipinski definition) is 3. The Bertz CT molecular complexity index is 1590. The standard InChI is InChI=1S/C29H30N8O/c1-2-20-9-11-21(12-10-20)28-32-22-5-3-7-24(26(22)34-28)37-15-13-36(14-16-37)17-18-38-25-8-4-6-23-27(25)35-29(33-23)31-19-30/h3-12H,2,13-18H2,1H3,(H,32,34)(H2,31,33,35). The van der Waals surface area contributed by atoms with Gasteiger partial charge in [-0.2, -0.15) is 5.26 Å². The van der Waals surface area contributed by atoms with E-state index in [-0.39, 0.29) is 0 Å². The number of ether oxygens (including phenoxy) is 1. The minimum absolute atomic E-state index is 0.420. The minimum atomic E-state index is 0.420. The lowest BCUT2D eigenvalue weighted by Crippen LogP contribution is -2.47. The van der Waals surface area contributed by atoms with Crippen LogP contribution in [0.25, 0.3) is 33.5 Å². The number of aromatic nitrogens is 4. The summed E-state index contributed by atoms with van der Waals surface area (Å²) in [5.41, 5.74) is 7.26. The first-order chi connectivity index (χ1) is 18.7. The molecule has 1 saturated heterocycles. The van der Waals surface area contributed by atoms with Crippen molar-refractivity contribution >= 4 is 33.7 Å². The molecule has 1 aliphatic rings. The van der Waals surface area contributed by atoms with Crippen molar-refractivity contribution in [2.45, 2.75) is 13.3 Å². The van der Waals surface area contributed by atoms with Crippen molar-refractivity contribution in [2.24, 2.45) is 0 Å². The van der Waals surface area contributed by atoms with Gasteiger partial charge in [-0.15, -0.1) is 0 Å². The molecule has 0 atom stereocenters. The molecular formula is C29H30N8O. The molecule has 0 spiro atoms. The van der Waals surface area contributed by atoms with Gasteiger partial charge in [0, 0.05) is 38.3 Å². The molecular weight excluding hydrogens is 476 g/mol. The number of rotatable bonds is 8. The fourth-order valence-corrected chi connectivity index (χ4v) is 5.04. The molecule has 0 radical (unpaired) electrons. The number of aromatic amines is 2. The Kier molecular flexibility index (Phi) is 6.54. The minimum Gasteiger partial charge on any atom is -0.490 e. The third kappa shape index (κ3) is 4.74. The van der Waals surface area contributed by atoms with Gasteiger partial charge in [0.05, 0.1) is 16.7 Å². The maximum atomic E-state index is 8.84. The molecule has 0 amide bonds. The summed E-state index contributed by atoms with van der Waals surface area (Å²) in [7, 11) is 0. The van der Waals surface area contributed by atoms with Crippen LogP contribution in [0.4, 0.5) is 11.6 Å². The SMILES string of the molecule is CCc1ccc(-c2nc3c(N4CCN(CCOc5cccc6[nH]c(NC#N)nc56)CC4)cccc3[nH]2)cc1. The van der Waals surface area contributed by atoms with Gasteiger partial charge in [-0.1, -0.05) is 43.3 Å². The third-order valence-corrected chi connectivity index (χ3v) is 7.16. The molecule has 0 unspecified atom stereocenters. The number of nitrogens with one attached hydrogen (secondary N) is 3. The number of nitriles is 1. The largest absolute Gasteiger partial charge is 0.490 e. The molecule has 0 aliphatic carbocycles. The molecule has 0 bridgehead atoms. The maximum Gasteiger partial charge on any atom is 0.214 e. The lowest BCUT2D eigenvalue weighted by molar-refractivity contribution is 0.201. The third-order valence-electron chi connectivity index (χ3n) is 7.16. The van der Waals surface area contributed by atoms with E-state index in [4.69, 9.17) is 15.0 Å². The van der Waals surface area contributed by atoms with Gasteiger partial charge in [0.15, 0.2) is 6.19 Å². The van der Waals surface area contributed by atoms with E-state index in [1.807, 2.05) is 24.4 Å². The number of imidazole rings is 2. The van der Waals surface area contributed by atoms with E-state index in [9.17, 15) is 0 Å². The number of aryl methyl sites for hydroxylation is 1. The Morgan fingerprint density at radius 1 is 0.921 bits per heavy atom. The van der Waals surface area contributed by atoms with Crippen LogP contribution < -0.4 is 15.0 Å². The first kappa shape index (κ1) is 23.8. The Labute approximate surface area is 221 Å². The van der Waals surface area contributed by atoms with Crippen LogP contribution in [0.5, 0.6) is 5.75 Å². The molecule has 1 fully saturated rings. The molecule has 6 rings (SSSR count). The second kappa shape index (κ2) is 10.4. The van der Waals surface area contributed by atoms with Crippen molar-refractivity contribution < 1.29 is 4.74 Å². The highest BCUT2D eigenvalue weighted by Crippen LogP contribution is 2.29. The Hall–Kier alpha value is -4.55. The van der Waals surface area contributed by atoms with Gasteiger partial charge in [-0.05, 0) is 36.2 Å². The predicted octanol–water partition coefficient (Wildman–Crippen LogP) is 4.76. The van der Waals surface area contributed by atoms with Crippen LogP contribution in [0.3, 0.4) is 0 Å². The molecule has 5 aromatic rings. The second-order valence-corrected chi connectivity index (χ2v) is 9.46. The number of fused-ring (bicyclic) bond motifs is 2. The summed E-state index contributed by atoms with van der Waals surface area (Å²) in [6.45, 7) is 7.36. The summed E-state index contributed by atoms with van der Waals surface area (Å²) in [5, 5.41) is 11.4. The topological polar surface area (TPSA) is 109 Å². The zero-order chi connectivity index (χ0) is 25.9. The summed E-state index contributed by atoms with van der Waals surface area (Å²) in [6.07, 6.45) is 2.92. The first-order valence-corrected chi connectivity index (χ1v) is 13.0. The smallest absolute Gasteiger partial charge is 0.214 e. The Morgan fingerprint density at radius 2 is 1.68 bits per heavy atom. The molecule has 3 N–H and O–H groups in total. The second-order valence-electron chi connectivity index (χ2n) is 9.46. The van der Waals surface area contributed by atoms with Crippen molar-refractivity contribution in [3.8, 4) is 23.3 Å². The summed E-state index contributed by atoms with van der Waals surface area (Å²) in [6, 6.07) is 20.8. The van der Waals surface area contributed by atoms with Gasteiger partial charge < -0.3 is 19.6 Å². The van der Waals surface area contributed by atoms with Crippen LogP contribution in [0.15, 0.2) is 60.7 Å². The molecule has 2 aromatic heterocycles. The quantitative estimate of drug-likeness (QED) is 0.206. The van der Waals surface area contributed by atoms with Gasteiger partial charge in [0.2, 0.25) is 5.95 Å². The van der Waals surface area contributed by atoms with Crippen LogP contribution >= 0.6 is 0 Å². The highest BCUT2D eigenvalue weighted by atomic mass is 16.5. The van der Waals surface area contributed by atoms with Crippen molar-refractivity contribution in [3.05, 3.63) is 66.2 Å². The van der Waals surface area contributed by atoms with E-state index in [1.54, 1.807) is 0 Å². The summed E-state index contributed by atoms with van der Waals surface area (Å²) in [4.78, 5) is 20.9. The van der Waals surface area contributed by atoms with E-state index in [1.165, 1.54) is 11.3 Å². The Balaban J connectivity index is 1.08. The van der Waals surface area contributed by atoms with E-state index in [0.29, 0.717) is 18.3 Å². The van der Waals surface area contributed by atoms with E-state index >= 15 is 0 Å². The fourth-order valence-electron chi connectivity index (χ4n) is 5.04. The number of H-pyrrole nitrogens is 2. The van der Waals surface area contributed by atoms with Gasteiger partial charge in [0.25, 0.3) is 0 Å². The number of benzene rings is 3. The highest BCUT2D eigenvalue weighted by Gasteiger charge is 2.20.